The minimum Gasteiger partial charge on any atom is -0.311 e. The molecule has 0 spiro atoms. The lowest BCUT2D eigenvalue weighted by atomic mass is 10.2. The molecule has 0 aliphatic rings. The predicted molar refractivity (Wildman–Crippen MR) is 90.9 cm³/mol. The molecule has 0 fully saturated rings. The van der Waals surface area contributed by atoms with Crippen molar-refractivity contribution in [2.45, 2.75) is 23.7 Å². The molecular weight excluding hydrogens is 298 g/mol. The highest BCUT2D eigenvalue weighted by atomic mass is 32.2. The summed E-state index contributed by atoms with van der Waals surface area (Å²) in [5.74, 6) is 0. The first-order chi connectivity index (χ1) is 10.3. The third kappa shape index (κ3) is 3.81. The van der Waals surface area contributed by atoms with E-state index < -0.39 is 0 Å². The standard InChI is InChI=1S/C16H17N3S2/c1-12(9-17-10-13-5-4-8-20-13)21-16-14-6-2-3-7-15(14)18-11-19-16/h2-8,11-12,17H,9-10H2,1H3. The molecule has 1 N–H and O–H groups in total. The number of nitrogens with one attached hydrogen (secondary N) is 1. The Balaban J connectivity index is 1.59. The molecule has 5 heteroatoms. The summed E-state index contributed by atoms with van der Waals surface area (Å²) >= 11 is 3.59. The monoisotopic (exact) mass is 315 g/mol. The number of para-hydroxylation sites is 1. The first-order valence-corrected chi connectivity index (χ1v) is 8.68. The van der Waals surface area contributed by atoms with Gasteiger partial charge in [0.1, 0.15) is 11.4 Å². The van der Waals surface area contributed by atoms with E-state index in [4.69, 9.17) is 0 Å². The highest BCUT2D eigenvalue weighted by molar-refractivity contribution is 8.00. The van der Waals surface area contributed by atoms with E-state index in [1.54, 1.807) is 29.4 Å². The SMILES string of the molecule is CC(CNCc1cccs1)Sc1ncnc2ccccc12. The molecule has 0 saturated carbocycles. The number of nitrogens with zero attached hydrogens (tertiary/aromatic N) is 2. The Morgan fingerprint density at radius 3 is 2.95 bits per heavy atom. The second-order valence-corrected chi connectivity index (χ2v) is 7.29. The van der Waals surface area contributed by atoms with Crippen LogP contribution in [0.15, 0.2) is 53.1 Å². The zero-order valence-electron chi connectivity index (χ0n) is 11.8. The smallest absolute Gasteiger partial charge is 0.117 e. The summed E-state index contributed by atoms with van der Waals surface area (Å²) in [5, 5.41) is 8.27. The van der Waals surface area contributed by atoms with Crippen LogP contribution in [0.2, 0.25) is 0 Å². The summed E-state index contributed by atoms with van der Waals surface area (Å²) in [6.07, 6.45) is 1.65. The molecule has 0 saturated heterocycles. The maximum absolute atomic E-state index is 4.43. The average Bonchev–Trinajstić information content (AvgIpc) is 3.01. The van der Waals surface area contributed by atoms with E-state index in [-0.39, 0.29) is 0 Å². The molecule has 21 heavy (non-hydrogen) atoms. The van der Waals surface area contributed by atoms with Crippen LogP contribution in [-0.2, 0) is 6.54 Å². The zero-order chi connectivity index (χ0) is 14.5. The number of aromatic nitrogens is 2. The summed E-state index contributed by atoms with van der Waals surface area (Å²) in [6, 6.07) is 12.4. The summed E-state index contributed by atoms with van der Waals surface area (Å²) < 4.78 is 0. The van der Waals surface area contributed by atoms with Crippen LogP contribution in [0.1, 0.15) is 11.8 Å². The molecule has 3 nitrogen and oxygen atoms in total. The van der Waals surface area contributed by atoms with Gasteiger partial charge in [0.2, 0.25) is 0 Å². The van der Waals surface area contributed by atoms with Gasteiger partial charge in [0.25, 0.3) is 0 Å². The normalized spacial score (nSPS) is 12.6. The lowest BCUT2D eigenvalue weighted by Crippen LogP contribution is -2.21. The first-order valence-electron chi connectivity index (χ1n) is 6.92. The minimum absolute atomic E-state index is 0.461. The Kier molecular flexibility index (Phi) is 4.85. The van der Waals surface area contributed by atoms with Crippen molar-refractivity contribution >= 4 is 34.0 Å². The second kappa shape index (κ2) is 7.02. The van der Waals surface area contributed by atoms with Gasteiger partial charge in [0, 0.05) is 28.6 Å². The van der Waals surface area contributed by atoms with Crippen LogP contribution in [0.4, 0.5) is 0 Å². The van der Waals surface area contributed by atoms with Crippen molar-refractivity contribution in [1.82, 2.24) is 15.3 Å². The van der Waals surface area contributed by atoms with Crippen molar-refractivity contribution < 1.29 is 0 Å². The van der Waals surface area contributed by atoms with Crippen LogP contribution in [0.5, 0.6) is 0 Å². The van der Waals surface area contributed by atoms with E-state index in [0.717, 1.165) is 29.0 Å². The number of hydrogen-bond donors (Lipinski definition) is 1. The third-order valence-corrected chi connectivity index (χ3v) is 5.12. The van der Waals surface area contributed by atoms with Gasteiger partial charge in [-0.25, -0.2) is 9.97 Å². The second-order valence-electron chi connectivity index (χ2n) is 4.83. The summed E-state index contributed by atoms with van der Waals surface area (Å²) in [7, 11) is 0. The highest BCUT2D eigenvalue weighted by Crippen LogP contribution is 2.27. The largest absolute Gasteiger partial charge is 0.311 e. The van der Waals surface area contributed by atoms with Crippen LogP contribution in [0, 0.1) is 0 Å². The molecular formula is C16H17N3S2. The first kappa shape index (κ1) is 14.5. The fourth-order valence-corrected chi connectivity index (χ4v) is 3.78. The van der Waals surface area contributed by atoms with Crippen LogP contribution < -0.4 is 5.32 Å². The van der Waals surface area contributed by atoms with Gasteiger partial charge in [0.05, 0.1) is 5.52 Å². The number of rotatable bonds is 6. The Morgan fingerprint density at radius 1 is 1.19 bits per heavy atom. The molecule has 108 valence electrons. The number of fused-ring (bicyclic) bond motifs is 1. The predicted octanol–water partition coefficient (Wildman–Crippen LogP) is 3.96. The van der Waals surface area contributed by atoms with Crippen LogP contribution in [-0.4, -0.2) is 21.8 Å². The van der Waals surface area contributed by atoms with Crippen molar-refractivity contribution in [3.05, 3.63) is 53.0 Å². The summed E-state index contributed by atoms with van der Waals surface area (Å²) in [4.78, 5) is 10.1. The molecule has 0 bridgehead atoms. The van der Waals surface area contributed by atoms with Crippen molar-refractivity contribution in [2.24, 2.45) is 0 Å². The van der Waals surface area contributed by atoms with Crippen molar-refractivity contribution in [2.75, 3.05) is 6.54 Å². The molecule has 2 heterocycles. The van der Waals surface area contributed by atoms with E-state index in [9.17, 15) is 0 Å². The molecule has 3 rings (SSSR count). The maximum atomic E-state index is 4.43. The van der Waals surface area contributed by atoms with E-state index in [0.29, 0.717) is 5.25 Å². The van der Waals surface area contributed by atoms with E-state index >= 15 is 0 Å². The quantitative estimate of drug-likeness (QED) is 0.552. The molecule has 1 unspecified atom stereocenters. The summed E-state index contributed by atoms with van der Waals surface area (Å²) in [6.45, 7) is 4.12. The van der Waals surface area contributed by atoms with Crippen molar-refractivity contribution in [3.8, 4) is 0 Å². The molecule has 0 radical (unpaired) electrons. The van der Waals surface area contributed by atoms with E-state index in [2.05, 4.69) is 45.8 Å². The fourth-order valence-electron chi connectivity index (χ4n) is 2.12. The van der Waals surface area contributed by atoms with Gasteiger partial charge < -0.3 is 5.32 Å². The zero-order valence-corrected chi connectivity index (χ0v) is 13.5. The number of benzene rings is 1. The molecule has 0 aliphatic carbocycles. The topological polar surface area (TPSA) is 37.8 Å². The van der Waals surface area contributed by atoms with Crippen molar-refractivity contribution in [3.63, 3.8) is 0 Å². The van der Waals surface area contributed by atoms with Gasteiger partial charge in [-0.15, -0.1) is 23.1 Å². The van der Waals surface area contributed by atoms with Gasteiger partial charge >= 0.3 is 0 Å². The Bertz CT molecular complexity index is 692. The summed E-state index contributed by atoms with van der Waals surface area (Å²) in [5.41, 5.74) is 1.01. The van der Waals surface area contributed by atoms with Crippen LogP contribution in [0.3, 0.4) is 0 Å². The molecule has 1 aromatic carbocycles. The highest BCUT2D eigenvalue weighted by Gasteiger charge is 2.09. The average molecular weight is 315 g/mol. The lowest BCUT2D eigenvalue weighted by molar-refractivity contribution is 0.690. The van der Waals surface area contributed by atoms with Gasteiger partial charge in [-0.1, -0.05) is 31.2 Å². The Hall–Kier alpha value is -1.43. The lowest BCUT2D eigenvalue weighted by Gasteiger charge is -2.12. The molecule has 0 aliphatic heterocycles. The molecule has 3 aromatic rings. The number of thioether (sulfide) groups is 1. The van der Waals surface area contributed by atoms with Crippen LogP contribution in [0.25, 0.3) is 10.9 Å². The maximum Gasteiger partial charge on any atom is 0.117 e. The van der Waals surface area contributed by atoms with E-state index in [1.807, 2.05) is 18.2 Å². The van der Waals surface area contributed by atoms with Gasteiger partial charge in [-0.2, -0.15) is 0 Å². The van der Waals surface area contributed by atoms with Gasteiger partial charge in [-0.3, -0.25) is 0 Å². The third-order valence-electron chi connectivity index (χ3n) is 3.13. The molecule has 0 amide bonds. The fraction of sp³-hybridized carbons (Fsp3) is 0.250. The van der Waals surface area contributed by atoms with Gasteiger partial charge in [-0.05, 0) is 17.5 Å². The van der Waals surface area contributed by atoms with Crippen LogP contribution >= 0.6 is 23.1 Å². The number of thiophene rings is 1. The van der Waals surface area contributed by atoms with Gasteiger partial charge in [0.15, 0.2) is 0 Å². The Labute approximate surface area is 132 Å². The number of hydrogen-bond acceptors (Lipinski definition) is 5. The Morgan fingerprint density at radius 2 is 2.10 bits per heavy atom. The minimum atomic E-state index is 0.461. The van der Waals surface area contributed by atoms with E-state index in [1.165, 1.54) is 4.88 Å². The molecule has 1 atom stereocenters. The molecule has 2 aromatic heterocycles. The van der Waals surface area contributed by atoms with Crippen molar-refractivity contribution in [1.29, 1.82) is 0 Å².